The van der Waals surface area contributed by atoms with Crippen LogP contribution in [0.15, 0.2) is 0 Å². The van der Waals surface area contributed by atoms with Crippen LogP contribution in [0, 0.1) is 0 Å². The molecule has 0 unspecified atom stereocenters. The Kier molecular flexibility index (Phi) is 3.31. The summed E-state index contributed by atoms with van der Waals surface area (Å²) in [7, 11) is 2.09. The second-order valence-corrected chi connectivity index (χ2v) is 3.05. The summed E-state index contributed by atoms with van der Waals surface area (Å²) in [6.45, 7) is 6.02. The minimum atomic E-state index is 0.659. The summed E-state index contributed by atoms with van der Waals surface area (Å²) in [5.41, 5.74) is 8.04. The van der Waals surface area contributed by atoms with Crippen LogP contribution in [0.2, 0.25) is 0 Å². The summed E-state index contributed by atoms with van der Waals surface area (Å²) in [6.07, 6.45) is 1.04. The van der Waals surface area contributed by atoms with Gasteiger partial charge in [-0.15, -0.1) is 0 Å². The van der Waals surface area contributed by atoms with E-state index in [4.69, 9.17) is 5.73 Å². The highest BCUT2D eigenvalue weighted by molar-refractivity contribution is 5.42. The van der Waals surface area contributed by atoms with Crippen LogP contribution in [0.5, 0.6) is 0 Å². The topological polar surface area (TPSA) is 57.9 Å². The standard InChI is InChI=1S/C7H12N4.C2H6/c1-11-3-2-6-5(4-11)7(8)10-9-6;1-2/h2-4H2,1H3,(H3,8,9,10);1-2H3. The van der Waals surface area contributed by atoms with Gasteiger partial charge in [0.2, 0.25) is 0 Å². The van der Waals surface area contributed by atoms with Crippen molar-refractivity contribution < 1.29 is 0 Å². The second kappa shape index (κ2) is 4.28. The van der Waals surface area contributed by atoms with E-state index in [0.29, 0.717) is 5.82 Å². The Labute approximate surface area is 79.1 Å². The van der Waals surface area contributed by atoms with Crippen LogP contribution in [-0.4, -0.2) is 28.7 Å². The third-order valence-electron chi connectivity index (χ3n) is 2.16. The Hall–Kier alpha value is -1.03. The predicted molar refractivity (Wildman–Crippen MR) is 54.4 cm³/mol. The molecular formula is C9H18N4. The molecule has 1 aliphatic rings. The van der Waals surface area contributed by atoms with Crippen LogP contribution in [-0.2, 0) is 13.0 Å². The highest BCUT2D eigenvalue weighted by Crippen LogP contribution is 2.19. The van der Waals surface area contributed by atoms with Crippen molar-refractivity contribution in [3.05, 3.63) is 11.3 Å². The summed E-state index contributed by atoms with van der Waals surface area (Å²) < 4.78 is 0. The fourth-order valence-corrected chi connectivity index (χ4v) is 1.45. The first kappa shape index (κ1) is 10.1. The maximum absolute atomic E-state index is 5.65. The number of fused-ring (bicyclic) bond motifs is 1. The van der Waals surface area contributed by atoms with Crippen molar-refractivity contribution in [2.75, 3.05) is 19.3 Å². The van der Waals surface area contributed by atoms with Crippen molar-refractivity contribution in [2.45, 2.75) is 26.8 Å². The van der Waals surface area contributed by atoms with Crippen molar-refractivity contribution in [3.8, 4) is 0 Å². The first-order valence-corrected chi connectivity index (χ1v) is 4.77. The Morgan fingerprint density at radius 2 is 2.15 bits per heavy atom. The zero-order valence-corrected chi connectivity index (χ0v) is 8.59. The molecule has 0 amide bonds. The number of hydrogen-bond acceptors (Lipinski definition) is 3. The average molecular weight is 182 g/mol. The largest absolute Gasteiger partial charge is 0.382 e. The number of anilines is 1. The number of rotatable bonds is 0. The van der Waals surface area contributed by atoms with E-state index in [1.54, 1.807) is 0 Å². The first-order chi connectivity index (χ1) is 6.27. The van der Waals surface area contributed by atoms with Crippen LogP contribution >= 0.6 is 0 Å². The molecule has 2 heterocycles. The quantitative estimate of drug-likeness (QED) is 0.629. The summed E-state index contributed by atoms with van der Waals surface area (Å²) in [6, 6.07) is 0. The normalized spacial score (nSPS) is 15.9. The third kappa shape index (κ3) is 2.01. The summed E-state index contributed by atoms with van der Waals surface area (Å²) in [4.78, 5) is 2.24. The molecule has 0 spiro atoms. The van der Waals surface area contributed by atoms with Crippen molar-refractivity contribution in [1.82, 2.24) is 15.1 Å². The second-order valence-electron chi connectivity index (χ2n) is 3.05. The molecule has 0 aromatic carbocycles. The minimum absolute atomic E-state index is 0.659. The van der Waals surface area contributed by atoms with Crippen molar-refractivity contribution >= 4 is 5.82 Å². The number of aromatic amines is 1. The number of aromatic nitrogens is 2. The maximum atomic E-state index is 5.65. The summed E-state index contributed by atoms with van der Waals surface area (Å²) in [5.74, 6) is 0.659. The van der Waals surface area contributed by atoms with E-state index >= 15 is 0 Å². The van der Waals surface area contributed by atoms with Gasteiger partial charge in [-0.05, 0) is 7.05 Å². The maximum Gasteiger partial charge on any atom is 0.149 e. The van der Waals surface area contributed by atoms with Gasteiger partial charge in [0.25, 0.3) is 0 Å². The van der Waals surface area contributed by atoms with Crippen LogP contribution in [0.25, 0.3) is 0 Å². The lowest BCUT2D eigenvalue weighted by molar-refractivity contribution is 0.312. The molecule has 4 heteroatoms. The van der Waals surface area contributed by atoms with Crippen molar-refractivity contribution in [2.24, 2.45) is 0 Å². The monoisotopic (exact) mass is 182 g/mol. The zero-order valence-electron chi connectivity index (χ0n) is 8.59. The highest BCUT2D eigenvalue weighted by Gasteiger charge is 2.17. The molecule has 0 saturated carbocycles. The van der Waals surface area contributed by atoms with Gasteiger partial charge in [0, 0.05) is 30.8 Å². The van der Waals surface area contributed by atoms with Gasteiger partial charge in [-0.1, -0.05) is 13.8 Å². The fraction of sp³-hybridized carbons (Fsp3) is 0.667. The van der Waals surface area contributed by atoms with Gasteiger partial charge in [0.1, 0.15) is 5.82 Å². The lowest BCUT2D eigenvalue weighted by Crippen LogP contribution is -2.26. The van der Waals surface area contributed by atoms with E-state index in [-0.39, 0.29) is 0 Å². The number of hydrogen-bond donors (Lipinski definition) is 2. The molecule has 0 saturated heterocycles. The molecule has 13 heavy (non-hydrogen) atoms. The SMILES string of the molecule is CC.CN1CCc2[nH]nc(N)c2C1. The highest BCUT2D eigenvalue weighted by atomic mass is 15.2. The van der Waals surface area contributed by atoms with Crippen LogP contribution in [0.1, 0.15) is 25.1 Å². The Bertz CT molecular complexity index is 267. The van der Waals surface area contributed by atoms with Gasteiger partial charge in [-0.25, -0.2) is 0 Å². The van der Waals surface area contributed by atoms with E-state index in [1.165, 1.54) is 11.3 Å². The molecule has 0 radical (unpaired) electrons. The van der Waals surface area contributed by atoms with E-state index in [0.717, 1.165) is 19.5 Å². The average Bonchev–Trinajstić information content (AvgIpc) is 2.52. The Balaban J connectivity index is 0.000000396. The van der Waals surface area contributed by atoms with Gasteiger partial charge < -0.3 is 10.6 Å². The minimum Gasteiger partial charge on any atom is -0.382 e. The predicted octanol–water partition coefficient (Wildman–Crippen LogP) is 1.01. The molecule has 1 aliphatic heterocycles. The van der Waals surface area contributed by atoms with Gasteiger partial charge >= 0.3 is 0 Å². The number of nitrogen functional groups attached to an aromatic ring is 1. The van der Waals surface area contributed by atoms with E-state index in [2.05, 4.69) is 22.1 Å². The molecule has 1 aromatic heterocycles. The molecule has 2 rings (SSSR count). The van der Waals surface area contributed by atoms with Gasteiger partial charge in [-0.3, -0.25) is 5.10 Å². The van der Waals surface area contributed by atoms with Gasteiger partial charge in [0.15, 0.2) is 0 Å². The summed E-state index contributed by atoms with van der Waals surface area (Å²) >= 11 is 0. The number of nitrogens with two attached hydrogens (primary N) is 1. The number of nitrogens with zero attached hydrogens (tertiary/aromatic N) is 2. The van der Waals surface area contributed by atoms with Crippen molar-refractivity contribution in [1.29, 1.82) is 0 Å². The number of H-pyrrole nitrogens is 1. The lowest BCUT2D eigenvalue weighted by Gasteiger charge is -2.21. The lowest BCUT2D eigenvalue weighted by atomic mass is 10.1. The molecule has 0 atom stereocenters. The van der Waals surface area contributed by atoms with Crippen LogP contribution in [0.3, 0.4) is 0 Å². The van der Waals surface area contributed by atoms with Gasteiger partial charge in [-0.2, -0.15) is 5.10 Å². The molecule has 3 N–H and O–H groups in total. The molecule has 4 nitrogen and oxygen atoms in total. The summed E-state index contributed by atoms with van der Waals surface area (Å²) in [5, 5.41) is 6.90. The first-order valence-electron chi connectivity index (χ1n) is 4.77. The Morgan fingerprint density at radius 1 is 1.46 bits per heavy atom. The zero-order chi connectivity index (χ0) is 9.84. The van der Waals surface area contributed by atoms with E-state index in [9.17, 15) is 0 Å². The van der Waals surface area contributed by atoms with Gasteiger partial charge in [0.05, 0.1) is 0 Å². The molecule has 0 fully saturated rings. The third-order valence-corrected chi connectivity index (χ3v) is 2.16. The molecule has 0 aliphatic carbocycles. The van der Waals surface area contributed by atoms with Crippen LogP contribution < -0.4 is 5.73 Å². The van der Waals surface area contributed by atoms with E-state index in [1.807, 2.05) is 13.8 Å². The van der Waals surface area contributed by atoms with Crippen molar-refractivity contribution in [3.63, 3.8) is 0 Å². The molecule has 1 aromatic rings. The van der Waals surface area contributed by atoms with Crippen LogP contribution in [0.4, 0.5) is 5.82 Å². The molecule has 74 valence electrons. The molecular weight excluding hydrogens is 164 g/mol. The number of likely N-dealkylation sites (N-methyl/N-ethyl adjacent to an activating group) is 1. The van der Waals surface area contributed by atoms with E-state index < -0.39 is 0 Å². The molecule has 0 bridgehead atoms. The Morgan fingerprint density at radius 3 is 2.85 bits per heavy atom. The number of nitrogens with one attached hydrogen (secondary N) is 1. The fourth-order valence-electron chi connectivity index (χ4n) is 1.45. The smallest absolute Gasteiger partial charge is 0.149 e.